The second-order valence-corrected chi connectivity index (χ2v) is 4.03. The predicted molar refractivity (Wildman–Crippen MR) is 54.2 cm³/mol. The average molecular weight is 193 g/mol. The lowest BCUT2D eigenvalue weighted by atomic mass is 10.0. The summed E-state index contributed by atoms with van der Waals surface area (Å²) in [4.78, 5) is 13.1. The van der Waals surface area contributed by atoms with Crippen LogP contribution in [0.3, 0.4) is 0 Å². The fraction of sp³-hybridized carbons (Fsp3) is 0.600. The van der Waals surface area contributed by atoms with Crippen molar-refractivity contribution in [2.45, 2.75) is 12.8 Å². The molecule has 0 aromatic carbocycles. The van der Waals surface area contributed by atoms with E-state index in [1.165, 1.54) is 13.0 Å². The molecule has 76 valence electrons. The van der Waals surface area contributed by atoms with E-state index in [0.717, 1.165) is 18.7 Å². The van der Waals surface area contributed by atoms with Crippen LogP contribution in [0.1, 0.15) is 12.1 Å². The molecule has 14 heavy (non-hydrogen) atoms. The van der Waals surface area contributed by atoms with Crippen LogP contribution in [-0.4, -0.2) is 35.2 Å². The van der Waals surface area contributed by atoms with Gasteiger partial charge in [0.25, 0.3) is 5.56 Å². The van der Waals surface area contributed by atoms with E-state index in [9.17, 15) is 4.79 Å². The van der Waals surface area contributed by atoms with Gasteiger partial charge >= 0.3 is 0 Å². The summed E-state index contributed by atoms with van der Waals surface area (Å²) in [6, 6.07) is 3.36. The highest BCUT2D eigenvalue weighted by molar-refractivity contribution is 5.01. The minimum Gasteiger partial charge on any atom is -0.306 e. The topological polar surface area (TPSA) is 49.0 Å². The molecule has 0 saturated carbocycles. The summed E-state index contributed by atoms with van der Waals surface area (Å²) in [6.45, 7) is 2.31. The highest BCUT2D eigenvalue weighted by Gasteiger charge is 2.19. The monoisotopic (exact) mass is 193 g/mol. The van der Waals surface area contributed by atoms with Crippen LogP contribution in [-0.2, 0) is 6.42 Å². The van der Waals surface area contributed by atoms with E-state index in [0.29, 0.717) is 5.92 Å². The average Bonchev–Trinajstić information content (AvgIpc) is 2.56. The van der Waals surface area contributed by atoms with E-state index in [2.05, 4.69) is 22.1 Å². The minimum absolute atomic E-state index is 0.128. The number of H-pyrrole nitrogens is 1. The number of aromatic nitrogens is 2. The molecule has 0 radical (unpaired) electrons. The smallest absolute Gasteiger partial charge is 0.264 e. The fourth-order valence-corrected chi connectivity index (χ4v) is 1.98. The van der Waals surface area contributed by atoms with Gasteiger partial charge in [-0.05, 0) is 38.4 Å². The van der Waals surface area contributed by atoms with Gasteiger partial charge in [0.15, 0.2) is 0 Å². The summed E-state index contributed by atoms with van der Waals surface area (Å²) in [5.74, 6) is 0.693. The fourth-order valence-electron chi connectivity index (χ4n) is 1.98. The van der Waals surface area contributed by atoms with Crippen LogP contribution in [0, 0.1) is 5.92 Å². The summed E-state index contributed by atoms with van der Waals surface area (Å²) in [5.41, 5.74) is 0.863. The zero-order valence-electron chi connectivity index (χ0n) is 8.36. The lowest BCUT2D eigenvalue weighted by molar-refractivity contribution is 0.393. The Balaban J connectivity index is 1.97. The number of likely N-dealkylation sites (tertiary alicyclic amines) is 1. The Bertz CT molecular complexity index is 340. The van der Waals surface area contributed by atoms with Crippen LogP contribution in [0.25, 0.3) is 0 Å². The van der Waals surface area contributed by atoms with E-state index in [1.807, 2.05) is 6.07 Å². The first-order valence-electron chi connectivity index (χ1n) is 4.97. The summed E-state index contributed by atoms with van der Waals surface area (Å²) >= 11 is 0. The second-order valence-electron chi connectivity index (χ2n) is 4.03. The molecule has 1 saturated heterocycles. The molecule has 2 heterocycles. The van der Waals surface area contributed by atoms with Crippen LogP contribution in [0.5, 0.6) is 0 Å². The molecule has 1 aromatic heterocycles. The Morgan fingerprint density at radius 3 is 3.07 bits per heavy atom. The summed E-state index contributed by atoms with van der Waals surface area (Å²) < 4.78 is 0. The lowest BCUT2D eigenvalue weighted by Gasteiger charge is -2.08. The molecule has 0 spiro atoms. The van der Waals surface area contributed by atoms with Crippen molar-refractivity contribution in [2.75, 3.05) is 20.1 Å². The Morgan fingerprint density at radius 2 is 2.50 bits per heavy atom. The predicted octanol–water partition coefficient (Wildman–Crippen LogP) is 0.264. The number of rotatable bonds is 2. The molecule has 1 aromatic rings. The van der Waals surface area contributed by atoms with Crippen molar-refractivity contribution in [3.8, 4) is 0 Å². The first kappa shape index (κ1) is 9.40. The molecule has 4 heteroatoms. The van der Waals surface area contributed by atoms with E-state index in [1.54, 1.807) is 6.07 Å². The van der Waals surface area contributed by atoms with Crippen LogP contribution in [0.4, 0.5) is 0 Å². The maximum atomic E-state index is 10.8. The molecule has 0 bridgehead atoms. The van der Waals surface area contributed by atoms with Gasteiger partial charge < -0.3 is 4.90 Å². The van der Waals surface area contributed by atoms with Gasteiger partial charge in [0.2, 0.25) is 0 Å². The zero-order valence-corrected chi connectivity index (χ0v) is 8.36. The van der Waals surface area contributed by atoms with E-state index < -0.39 is 0 Å². The molecule has 1 N–H and O–H groups in total. The third-order valence-corrected chi connectivity index (χ3v) is 2.72. The molecule has 1 unspecified atom stereocenters. The molecule has 0 amide bonds. The number of hydrogen-bond donors (Lipinski definition) is 1. The quantitative estimate of drug-likeness (QED) is 0.733. The Labute approximate surface area is 82.9 Å². The van der Waals surface area contributed by atoms with Gasteiger partial charge in [0.1, 0.15) is 0 Å². The normalized spacial score (nSPS) is 22.8. The Hall–Kier alpha value is -1.16. The first-order valence-corrected chi connectivity index (χ1v) is 4.97. The summed E-state index contributed by atoms with van der Waals surface area (Å²) in [6.07, 6.45) is 2.21. The van der Waals surface area contributed by atoms with E-state index >= 15 is 0 Å². The summed E-state index contributed by atoms with van der Waals surface area (Å²) in [7, 11) is 2.14. The molecule has 1 atom stereocenters. The molecule has 0 aliphatic carbocycles. The van der Waals surface area contributed by atoms with Crippen molar-refractivity contribution in [2.24, 2.45) is 5.92 Å². The molecule has 1 aliphatic rings. The maximum Gasteiger partial charge on any atom is 0.264 e. The van der Waals surface area contributed by atoms with Crippen molar-refractivity contribution in [3.05, 3.63) is 28.2 Å². The standard InChI is InChI=1S/C10H15N3O/c1-13-5-4-8(7-13)6-9-2-3-10(14)12-11-9/h2-3,8H,4-7H2,1H3,(H,12,14). The van der Waals surface area contributed by atoms with Gasteiger partial charge in [-0.15, -0.1) is 0 Å². The highest BCUT2D eigenvalue weighted by atomic mass is 16.1. The molecule has 1 fully saturated rings. The zero-order chi connectivity index (χ0) is 9.97. The maximum absolute atomic E-state index is 10.8. The van der Waals surface area contributed by atoms with Crippen molar-refractivity contribution in [1.82, 2.24) is 15.1 Å². The molecule has 2 rings (SSSR count). The molecular weight excluding hydrogens is 178 g/mol. The number of hydrogen-bond acceptors (Lipinski definition) is 3. The summed E-state index contributed by atoms with van der Waals surface area (Å²) in [5, 5.41) is 6.48. The Kier molecular flexibility index (Phi) is 2.63. The van der Waals surface area contributed by atoms with E-state index in [-0.39, 0.29) is 5.56 Å². The van der Waals surface area contributed by atoms with Gasteiger partial charge in [-0.3, -0.25) is 4.79 Å². The minimum atomic E-state index is -0.128. The second kappa shape index (κ2) is 3.92. The van der Waals surface area contributed by atoms with Crippen molar-refractivity contribution in [1.29, 1.82) is 0 Å². The first-order chi connectivity index (χ1) is 6.74. The van der Waals surface area contributed by atoms with Gasteiger partial charge in [-0.2, -0.15) is 5.10 Å². The number of aromatic amines is 1. The SMILES string of the molecule is CN1CCC(Cc2ccc(=O)[nH]n2)C1. The molecular formula is C10H15N3O. The number of nitrogens with zero attached hydrogens (tertiary/aromatic N) is 2. The van der Waals surface area contributed by atoms with Crippen LogP contribution in [0.15, 0.2) is 16.9 Å². The van der Waals surface area contributed by atoms with Gasteiger partial charge in [-0.1, -0.05) is 0 Å². The van der Waals surface area contributed by atoms with Gasteiger partial charge in [0.05, 0.1) is 5.69 Å². The molecule has 1 aliphatic heterocycles. The third kappa shape index (κ3) is 2.20. The van der Waals surface area contributed by atoms with Gasteiger partial charge in [0, 0.05) is 12.6 Å². The molecule has 4 nitrogen and oxygen atoms in total. The van der Waals surface area contributed by atoms with Crippen molar-refractivity contribution in [3.63, 3.8) is 0 Å². The van der Waals surface area contributed by atoms with Crippen LogP contribution >= 0.6 is 0 Å². The van der Waals surface area contributed by atoms with Crippen LogP contribution < -0.4 is 5.56 Å². The largest absolute Gasteiger partial charge is 0.306 e. The third-order valence-electron chi connectivity index (χ3n) is 2.72. The Morgan fingerprint density at radius 1 is 1.64 bits per heavy atom. The number of nitrogens with one attached hydrogen (secondary N) is 1. The van der Waals surface area contributed by atoms with Crippen LogP contribution in [0.2, 0.25) is 0 Å². The van der Waals surface area contributed by atoms with Crippen molar-refractivity contribution < 1.29 is 0 Å². The lowest BCUT2D eigenvalue weighted by Crippen LogP contribution is -2.16. The highest BCUT2D eigenvalue weighted by Crippen LogP contribution is 2.17. The van der Waals surface area contributed by atoms with Crippen molar-refractivity contribution >= 4 is 0 Å². The van der Waals surface area contributed by atoms with Gasteiger partial charge in [-0.25, -0.2) is 5.10 Å². The van der Waals surface area contributed by atoms with E-state index in [4.69, 9.17) is 0 Å².